The van der Waals surface area contributed by atoms with Crippen molar-refractivity contribution < 1.29 is 90.9 Å². The van der Waals surface area contributed by atoms with Crippen molar-refractivity contribution in [2.45, 2.75) is 154 Å². The van der Waals surface area contributed by atoms with E-state index in [9.17, 15) is 81.5 Å². The van der Waals surface area contributed by atoms with Crippen LogP contribution < -0.4 is 10.6 Å². The van der Waals surface area contributed by atoms with Crippen LogP contribution in [0, 0.1) is 23.7 Å². The molecule has 2 aliphatic rings. The highest BCUT2D eigenvalue weighted by atomic mass is 19.4. The Morgan fingerprint density at radius 1 is 0.440 bits per heavy atom. The van der Waals surface area contributed by atoms with Gasteiger partial charge in [-0.3, -0.25) is 38.8 Å². The molecule has 24 heteroatoms. The largest absolute Gasteiger partial charge is 0.460 e. The zero-order valence-electron chi connectivity index (χ0n) is 46.6. The van der Waals surface area contributed by atoms with Crippen LogP contribution in [0.1, 0.15) is 126 Å². The lowest BCUT2D eigenvalue weighted by Gasteiger charge is -2.30. The summed E-state index contributed by atoms with van der Waals surface area (Å²) in [6.45, 7) is 8.66. The van der Waals surface area contributed by atoms with E-state index < -0.39 is 159 Å². The second-order valence-corrected chi connectivity index (χ2v) is 22.2. The van der Waals surface area contributed by atoms with Crippen LogP contribution in [0.5, 0.6) is 0 Å². The van der Waals surface area contributed by atoms with E-state index in [1.807, 2.05) is 0 Å². The summed E-state index contributed by atoms with van der Waals surface area (Å²) in [5.74, 6) is -13.5. The van der Waals surface area contributed by atoms with Crippen LogP contribution in [0.4, 0.5) is 52.7 Å². The first-order valence-corrected chi connectivity index (χ1v) is 26.7. The maximum atomic E-state index is 13.5. The van der Waals surface area contributed by atoms with Gasteiger partial charge in [0.2, 0.25) is 11.8 Å². The summed E-state index contributed by atoms with van der Waals surface area (Å²) >= 11 is 0. The summed E-state index contributed by atoms with van der Waals surface area (Å²) in [6.07, 6.45) is -32.6. The number of ketones is 2. The highest BCUT2D eigenvalue weighted by Gasteiger charge is 2.45. The molecule has 0 bridgehead atoms. The van der Waals surface area contributed by atoms with Crippen LogP contribution in [-0.2, 0) is 51.1 Å². The van der Waals surface area contributed by atoms with Crippen molar-refractivity contribution in [3.63, 3.8) is 0 Å². The van der Waals surface area contributed by atoms with Gasteiger partial charge < -0.3 is 20.1 Å². The maximum absolute atomic E-state index is 13.5. The lowest BCUT2D eigenvalue weighted by atomic mass is 9.83. The summed E-state index contributed by atoms with van der Waals surface area (Å²) in [6, 6.07) is 31.2. The number of nitrogens with zero attached hydrogens (tertiary/aromatic N) is 2. The predicted octanol–water partition coefficient (Wildman–Crippen LogP) is 12.7. The number of carbonyl (C=O) groups excluding carboxylic acids is 6. The van der Waals surface area contributed by atoms with Crippen molar-refractivity contribution in [1.29, 1.82) is 0 Å². The number of Topliss-reactive ketones (excluding diaryl/α,β-unsaturated/α-hetero) is 2. The fourth-order valence-electron chi connectivity index (χ4n) is 9.31. The topological polar surface area (TPSA) is 170 Å². The number of amides is 2. The number of halogens is 12. The molecule has 12 nitrogen and oxygen atoms in total. The molecule has 4 aromatic carbocycles. The van der Waals surface area contributed by atoms with E-state index in [0.717, 1.165) is 0 Å². The molecule has 2 aliphatic heterocycles. The van der Waals surface area contributed by atoms with Gasteiger partial charge in [-0.15, -0.1) is 0 Å². The number of esters is 2. The normalized spacial score (nSPS) is 17.4. The van der Waals surface area contributed by atoms with Crippen molar-refractivity contribution in [3.05, 3.63) is 143 Å². The minimum absolute atomic E-state index is 0.169. The van der Waals surface area contributed by atoms with Gasteiger partial charge in [-0.25, -0.2) is 0 Å². The highest BCUT2D eigenvalue weighted by Crippen LogP contribution is 2.37. The highest BCUT2D eigenvalue weighted by molar-refractivity contribution is 6.17. The van der Waals surface area contributed by atoms with Crippen molar-refractivity contribution in [1.82, 2.24) is 10.6 Å². The zero-order valence-corrected chi connectivity index (χ0v) is 46.6. The molecule has 0 spiro atoms. The summed E-state index contributed by atoms with van der Waals surface area (Å²) in [7, 11) is 0. The van der Waals surface area contributed by atoms with Crippen LogP contribution in [-0.4, -0.2) is 95.0 Å². The first-order valence-electron chi connectivity index (χ1n) is 26.7. The van der Waals surface area contributed by atoms with Gasteiger partial charge in [-0.2, -0.15) is 52.7 Å². The number of fused-ring (bicyclic) bond motifs is 2. The molecule has 2 amide bonds. The molecule has 6 atom stereocenters. The van der Waals surface area contributed by atoms with Gasteiger partial charge in [0.15, 0.2) is 23.9 Å². The van der Waals surface area contributed by atoms with E-state index in [0.29, 0.717) is 44.8 Å². The zero-order chi connectivity index (χ0) is 62.6. The van der Waals surface area contributed by atoms with Crippen LogP contribution in [0.3, 0.4) is 0 Å². The molecule has 84 heavy (non-hydrogen) atoms. The smallest absolute Gasteiger partial charge is 0.389 e. The lowest BCUT2D eigenvalue weighted by molar-refractivity contribution is -0.171. The van der Waals surface area contributed by atoms with E-state index in [-0.39, 0.29) is 12.8 Å². The van der Waals surface area contributed by atoms with E-state index in [2.05, 4.69) is 20.6 Å². The molecule has 4 aromatic rings. The molecule has 2 heterocycles. The standard InChI is InChI=1S/2C30H32F6N2O4/c2*1-28(2,3)42-27(41)22(14-16-30(34,35)36)21(13-15-29(31,32)33)26(40)38-25-23(39)17-19-11-7-8-12-20(19)24(37-25)18-9-5-4-6-10-18/h2*4-12,21-22,25H,13-17H2,1-3H3,(H,38,40)/t21-,22+,25-;21-,22-,25-/m11/s1. The average molecular weight is 1200 g/mol. The van der Waals surface area contributed by atoms with Gasteiger partial charge in [-0.1, -0.05) is 109 Å². The summed E-state index contributed by atoms with van der Waals surface area (Å²) in [4.78, 5) is 88.5. The molecular weight excluding hydrogens is 1130 g/mol. The van der Waals surface area contributed by atoms with Gasteiger partial charge >= 0.3 is 36.6 Å². The fraction of sp³-hybridized carbons (Fsp3) is 0.467. The Labute approximate surface area is 477 Å². The summed E-state index contributed by atoms with van der Waals surface area (Å²) in [5.41, 5.74) is 1.95. The van der Waals surface area contributed by atoms with Crippen LogP contribution in [0.15, 0.2) is 119 Å². The number of nitrogens with one attached hydrogen (secondary N) is 2. The molecule has 0 fully saturated rings. The Morgan fingerprint density at radius 2 is 0.714 bits per heavy atom. The van der Waals surface area contributed by atoms with Crippen molar-refractivity contribution in [2.75, 3.05) is 0 Å². The van der Waals surface area contributed by atoms with E-state index in [1.165, 1.54) is 41.5 Å². The Hall–Kier alpha value is -7.40. The minimum Gasteiger partial charge on any atom is -0.460 e. The SMILES string of the molecule is CC(C)(C)OC(=O)[C@@H](CCC(F)(F)F)[C@@H](CCC(F)(F)F)C(=O)N[C@H]1N=C(c2ccccc2)c2ccccc2CC1=O.CC(C)(C)OC(=O)[C@H](CCC(F)(F)F)[C@@H](CCC(F)(F)F)C(=O)N[C@H]1N=C(c2ccccc2)c2ccccc2CC1=O. The molecule has 0 radical (unpaired) electrons. The molecule has 6 rings (SSSR count). The average Bonchev–Trinajstić information content (AvgIpc) is 3.89. The first-order chi connectivity index (χ1) is 38.9. The van der Waals surface area contributed by atoms with Crippen LogP contribution in [0.2, 0.25) is 0 Å². The molecule has 0 saturated carbocycles. The molecule has 0 aromatic heterocycles. The second kappa shape index (κ2) is 28.0. The Balaban J connectivity index is 0.000000307. The second-order valence-electron chi connectivity index (χ2n) is 22.2. The Kier molecular flexibility index (Phi) is 22.5. The molecule has 0 aliphatic carbocycles. The van der Waals surface area contributed by atoms with Crippen LogP contribution >= 0.6 is 0 Å². The van der Waals surface area contributed by atoms with Crippen molar-refractivity contribution in [2.24, 2.45) is 33.7 Å². The quantitative estimate of drug-likeness (QED) is 0.0732. The maximum Gasteiger partial charge on any atom is 0.389 e. The van der Waals surface area contributed by atoms with E-state index >= 15 is 0 Å². The number of rotatable bonds is 18. The molecule has 2 N–H and O–H groups in total. The van der Waals surface area contributed by atoms with Gasteiger partial charge in [0.1, 0.15) is 11.2 Å². The number of hydrogen-bond donors (Lipinski definition) is 2. The number of carbonyl (C=O) groups is 6. The van der Waals surface area contributed by atoms with E-state index in [4.69, 9.17) is 9.47 Å². The third-order valence-electron chi connectivity index (χ3n) is 13.1. The number of aliphatic imine (C=N–C) groups is 2. The molecular formula is C60H64F12N4O8. The third kappa shape index (κ3) is 21.7. The van der Waals surface area contributed by atoms with Crippen molar-refractivity contribution in [3.8, 4) is 0 Å². The number of benzene rings is 4. The predicted molar refractivity (Wildman–Crippen MR) is 285 cm³/mol. The van der Waals surface area contributed by atoms with Crippen LogP contribution in [0.25, 0.3) is 0 Å². The van der Waals surface area contributed by atoms with E-state index in [1.54, 1.807) is 109 Å². The molecule has 0 saturated heterocycles. The number of ether oxygens (including phenoxy) is 2. The fourth-order valence-corrected chi connectivity index (χ4v) is 9.31. The van der Waals surface area contributed by atoms with Gasteiger partial charge in [0.05, 0.1) is 35.1 Å². The van der Waals surface area contributed by atoms with Gasteiger partial charge in [0, 0.05) is 60.8 Å². The Morgan fingerprint density at radius 3 is 1.00 bits per heavy atom. The van der Waals surface area contributed by atoms with Crippen molar-refractivity contribution >= 4 is 46.7 Å². The van der Waals surface area contributed by atoms with Gasteiger partial charge in [-0.05, 0) is 78.4 Å². The number of alkyl halides is 12. The number of hydrogen-bond acceptors (Lipinski definition) is 10. The summed E-state index contributed by atoms with van der Waals surface area (Å²) < 4.78 is 169. The monoisotopic (exact) mass is 1200 g/mol. The minimum atomic E-state index is -4.76. The summed E-state index contributed by atoms with van der Waals surface area (Å²) in [5, 5.41) is 4.69. The molecule has 0 unspecified atom stereocenters. The van der Waals surface area contributed by atoms with Gasteiger partial charge in [0.25, 0.3) is 0 Å². The molecule has 456 valence electrons. The Bertz CT molecular complexity index is 2800. The first kappa shape index (κ1) is 67.4. The lowest BCUT2D eigenvalue weighted by Crippen LogP contribution is -2.47. The third-order valence-corrected chi connectivity index (χ3v) is 13.1.